The summed E-state index contributed by atoms with van der Waals surface area (Å²) in [5.74, 6) is 0.766. The van der Waals surface area contributed by atoms with Crippen molar-refractivity contribution in [1.29, 1.82) is 0 Å². The van der Waals surface area contributed by atoms with Crippen molar-refractivity contribution in [1.82, 2.24) is 10.2 Å². The SMILES string of the molecule is CNC(=O)[C@H](Cc1ccccc1)N(Cc1ccc(C)cc1)C(=O)CSCc1ccc(Cl)cc1. The highest BCUT2D eigenvalue weighted by molar-refractivity contribution is 7.99. The molecule has 172 valence electrons. The minimum atomic E-state index is -0.595. The first-order chi connectivity index (χ1) is 16.0. The van der Waals surface area contributed by atoms with E-state index in [0.717, 1.165) is 22.3 Å². The highest BCUT2D eigenvalue weighted by Gasteiger charge is 2.29. The highest BCUT2D eigenvalue weighted by atomic mass is 35.5. The predicted octanol–water partition coefficient (Wildman–Crippen LogP) is 5.27. The van der Waals surface area contributed by atoms with Gasteiger partial charge in [0.2, 0.25) is 11.8 Å². The molecule has 0 unspecified atom stereocenters. The van der Waals surface area contributed by atoms with Gasteiger partial charge < -0.3 is 10.2 Å². The fourth-order valence-corrected chi connectivity index (χ4v) is 4.53. The molecule has 0 aromatic heterocycles. The molecule has 0 spiro atoms. The van der Waals surface area contributed by atoms with Gasteiger partial charge in [-0.1, -0.05) is 83.9 Å². The molecule has 0 aliphatic heterocycles. The summed E-state index contributed by atoms with van der Waals surface area (Å²) in [6, 6.07) is 24.9. The number of halogens is 1. The Labute approximate surface area is 205 Å². The molecule has 0 saturated heterocycles. The number of aryl methyl sites for hydroxylation is 1. The number of hydrogen-bond acceptors (Lipinski definition) is 3. The second kappa shape index (κ2) is 12.5. The zero-order chi connectivity index (χ0) is 23.6. The lowest BCUT2D eigenvalue weighted by atomic mass is 10.0. The molecule has 0 fully saturated rings. The minimum Gasteiger partial charge on any atom is -0.357 e. The second-order valence-electron chi connectivity index (χ2n) is 7.95. The molecule has 0 bridgehead atoms. The molecule has 4 nitrogen and oxygen atoms in total. The van der Waals surface area contributed by atoms with E-state index in [4.69, 9.17) is 11.6 Å². The third-order valence-electron chi connectivity index (χ3n) is 5.40. The molecule has 2 amide bonds. The number of rotatable bonds is 10. The number of benzene rings is 3. The van der Waals surface area contributed by atoms with E-state index in [-0.39, 0.29) is 17.6 Å². The van der Waals surface area contributed by atoms with E-state index in [2.05, 4.69) is 5.32 Å². The standard InChI is InChI=1S/C27H29ClN2O2S/c1-20-8-10-22(11-9-20)17-30(25(27(32)29-2)16-21-6-4-3-5-7-21)26(31)19-33-18-23-12-14-24(28)15-13-23/h3-15,25H,16-19H2,1-2H3,(H,29,32)/t25-/m0/s1. The second-order valence-corrected chi connectivity index (χ2v) is 9.37. The molecule has 3 aromatic rings. The molecule has 1 N–H and O–H groups in total. The molecule has 0 aliphatic carbocycles. The van der Waals surface area contributed by atoms with E-state index >= 15 is 0 Å². The lowest BCUT2D eigenvalue weighted by Crippen LogP contribution is -2.50. The van der Waals surface area contributed by atoms with Crippen LogP contribution in [0.2, 0.25) is 5.02 Å². The molecular formula is C27H29ClN2O2S. The number of hydrogen-bond donors (Lipinski definition) is 1. The highest BCUT2D eigenvalue weighted by Crippen LogP contribution is 2.19. The fraction of sp³-hybridized carbons (Fsp3) is 0.259. The molecule has 3 rings (SSSR count). The zero-order valence-corrected chi connectivity index (χ0v) is 20.5. The third kappa shape index (κ3) is 7.65. The van der Waals surface area contributed by atoms with E-state index in [0.29, 0.717) is 23.7 Å². The van der Waals surface area contributed by atoms with Gasteiger partial charge in [0.25, 0.3) is 0 Å². The van der Waals surface area contributed by atoms with Crippen LogP contribution in [-0.4, -0.2) is 35.6 Å². The van der Waals surface area contributed by atoms with Gasteiger partial charge in [-0.05, 0) is 35.7 Å². The Morgan fingerprint density at radius 2 is 1.55 bits per heavy atom. The summed E-state index contributed by atoms with van der Waals surface area (Å²) >= 11 is 7.50. The zero-order valence-electron chi connectivity index (χ0n) is 19.0. The lowest BCUT2D eigenvalue weighted by molar-refractivity contribution is -0.139. The summed E-state index contributed by atoms with van der Waals surface area (Å²) < 4.78 is 0. The summed E-state index contributed by atoms with van der Waals surface area (Å²) in [6.07, 6.45) is 0.458. The minimum absolute atomic E-state index is 0.0564. The van der Waals surface area contributed by atoms with Gasteiger partial charge in [-0.15, -0.1) is 11.8 Å². The van der Waals surface area contributed by atoms with Gasteiger partial charge in [-0.3, -0.25) is 9.59 Å². The number of nitrogens with zero attached hydrogens (tertiary/aromatic N) is 1. The van der Waals surface area contributed by atoms with Crippen LogP contribution in [0.15, 0.2) is 78.9 Å². The van der Waals surface area contributed by atoms with Crippen molar-refractivity contribution in [3.63, 3.8) is 0 Å². The first-order valence-electron chi connectivity index (χ1n) is 10.9. The van der Waals surface area contributed by atoms with E-state index in [1.807, 2.05) is 85.8 Å². The maximum Gasteiger partial charge on any atom is 0.242 e. The molecule has 0 saturated carbocycles. The van der Waals surface area contributed by atoms with E-state index in [1.54, 1.807) is 11.9 Å². The Bertz CT molecular complexity index is 1040. The monoisotopic (exact) mass is 480 g/mol. The normalized spacial score (nSPS) is 11.6. The van der Waals surface area contributed by atoms with E-state index in [9.17, 15) is 9.59 Å². The molecular weight excluding hydrogens is 452 g/mol. The van der Waals surface area contributed by atoms with Crippen LogP contribution in [0.3, 0.4) is 0 Å². The van der Waals surface area contributed by atoms with Gasteiger partial charge >= 0.3 is 0 Å². The number of carbonyl (C=O) groups is 2. The van der Waals surface area contributed by atoms with Crippen molar-refractivity contribution in [2.75, 3.05) is 12.8 Å². The summed E-state index contributed by atoms with van der Waals surface area (Å²) in [5, 5.41) is 3.44. The van der Waals surface area contributed by atoms with Gasteiger partial charge in [0, 0.05) is 30.8 Å². The smallest absolute Gasteiger partial charge is 0.242 e. The first-order valence-corrected chi connectivity index (χ1v) is 12.4. The summed E-state index contributed by atoms with van der Waals surface area (Å²) in [5.41, 5.74) is 4.27. The molecule has 0 heterocycles. The van der Waals surface area contributed by atoms with Gasteiger partial charge in [0.1, 0.15) is 6.04 Å². The average molecular weight is 481 g/mol. The Balaban J connectivity index is 1.79. The van der Waals surface area contributed by atoms with Crippen LogP contribution in [0.25, 0.3) is 0 Å². The number of likely N-dealkylation sites (N-methyl/N-ethyl adjacent to an activating group) is 1. The van der Waals surface area contributed by atoms with Crippen molar-refractivity contribution in [3.8, 4) is 0 Å². The maximum absolute atomic E-state index is 13.4. The van der Waals surface area contributed by atoms with Gasteiger partial charge in [0.05, 0.1) is 5.75 Å². The van der Waals surface area contributed by atoms with E-state index in [1.165, 1.54) is 11.8 Å². The van der Waals surface area contributed by atoms with Crippen LogP contribution in [0.4, 0.5) is 0 Å². The topological polar surface area (TPSA) is 49.4 Å². The summed E-state index contributed by atoms with van der Waals surface area (Å²) in [6.45, 7) is 2.41. The quantitative estimate of drug-likeness (QED) is 0.430. The number of carbonyl (C=O) groups excluding carboxylic acids is 2. The third-order valence-corrected chi connectivity index (χ3v) is 6.64. The van der Waals surface area contributed by atoms with Crippen LogP contribution in [0.5, 0.6) is 0 Å². The Kier molecular flexibility index (Phi) is 9.40. The molecule has 0 aliphatic rings. The first kappa shape index (κ1) is 24.9. The maximum atomic E-state index is 13.4. The fourth-order valence-electron chi connectivity index (χ4n) is 3.53. The van der Waals surface area contributed by atoms with Crippen molar-refractivity contribution < 1.29 is 9.59 Å². The van der Waals surface area contributed by atoms with Crippen molar-refractivity contribution in [2.45, 2.75) is 31.7 Å². The number of nitrogens with one attached hydrogen (secondary N) is 1. The lowest BCUT2D eigenvalue weighted by Gasteiger charge is -2.31. The van der Waals surface area contributed by atoms with Gasteiger partial charge in [-0.2, -0.15) is 0 Å². The molecule has 6 heteroatoms. The Morgan fingerprint density at radius 3 is 2.18 bits per heavy atom. The van der Waals surface area contributed by atoms with Gasteiger partial charge in [-0.25, -0.2) is 0 Å². The van der Waals surface area contributed by atoms with Crippen LogP contribution in [0, 0.1) is 6.92 Å². The van der Waals surface area contributed by atoms with Crippen molar-refractivity contribution >= 4 is 35.2 Å². The van der Waals surface area contributed by atoms with Crippen LogP contribution in [0.1, 0.15) is 22.3 Å². The molecule has 0 radical (unpaired) electrons. The Morgan fingerprint density at radius 1 is 0.909 bits per heavy atom. The van der Waals surface area contributed by atoms with Crippen LogP contribution >= 0.6 is 23.4 Å². The van der Waals surface area contributed by atoms with Crippen LogP contribution in [-0.2, 0) is 28.3 Å². The Hall–Kier alpha value is -2.76. The molecule has 33 heavy (non-hydrogen) atoms. The van der Waals surface area contributed by atoms with Crippen LogP contribution < -0.4 is 5.32 Å². The summed E-state index contributed by atoms with van der Waals surface area (Å²) in [4.78, 5) is 28.0. The summed E-state index contributed by atoms with van der Waals surface area (Å²) in [7, 11) is 1.62. The number of thioether (sulfide) groups is 1. The largest absolute Gasteiger partial charge is 0.357 e. The molecule has 1 atom stereocenters. The predicted molar refractivity (Wildman–Crippen MR) is 137 cm³/mol. The van der Waals surface area contributed by atoms with Crippen molar-refractivity contribution in [2.24, 2.45) is 0 Å². The van der Waals surface area contributed by atoms with E-state index < -0.39 is 6.04 Å². The van der Waals surface area contributed by atoms with Crippen molar-refractivity contribution in [3.05, 3.63) is 106 Å². The average Bonchev–Trinajstić information content (AvgIpc) is 2.83. The van der Waals surface area contributed by atoms with Gasteiger partial charge in [0.15, 0.2) is 0 Å². The number of amides is 2. The molecule has 3 aromatic carbocycles.